The van der Waals surface area contributed by atoms with Gasteiger partial charge in [0.15, 0.2) is 12.6 Å². The van der Waals surface area contributed by atoms with Gasteiger partial charge >= 0.3 is 11.9 Å². The van der Waals surface area contributed by atoms with Crippen LogP contribution in [-0.2, 0) is 18.9 Å². The number of esters is 2. The van der Waals surface area contributed by atoms with Crippen molar-refractivity contribution in [2.75, 3.05) is 13.2 Å². The molecular weight excluding hydrogens is 628 g/mol. The topological polar surface area (TPSA) is 115 Å². The Morgan fingerprint density at radius 2 is 1.08 bits per heavy atom. The molecule has 2 heterocycles. The van der Waals surface area contributed by atoms with Crippen LogP contribution in [0.15, 0.2) is 66.7 Å². The maximum atomic E-state index is 12.9. The number of hydrogen-bond acceptors (Lipinski definition) is 10. The summed E-state index contributed by atoms with van der Waals surface area (Å²) >= 11 is 0. The van der Waals surface area contributed by atoms with Crippen molar-refractivity contribution in [1.82, 2.24) is 0 Å². The first-order chi connectivity index (χ1) is 23.4. The maximum absolute atomic E-state index is 12.9. The molecule has 0 spiro atoms. The Bertz CT molecular complexity index is 1560. The van der Waals surface area contributed by atoms with E-state index in [4.69, 9.17) is 37.9 Å². The Balaban J connectivity index is 1.12. The van der Waals surface area contributed by atoms with Gasteiger partial charge in [-0.1, -0.05) is 26.7 Å². The van der Waals surface area contributed by atoms with Crippen LogP contribution in [0.3, 0.4) is 0 Å². The van der Waals surface area contributed by atoms with Gasteiger partial charge < -0.3 is 37.9 Å². The highest BCUT2D eigenvalue weighted by atomic mass is 16.7. The van der Waals surface area contributed by atoms with Gasteiger partial charge in [-0.25, -0.2) is 9.59 Å². The van der Waals surface area contributed by atoms with Crippen LogP contribution in [0.2, 0.25) is 0 Å². The van der Waals surface area contributed by atoms with Crippen LogP contribution in [0.1, 0.15) is 93.5 Å². The minimum atomic E-state index is -0.525. The van der Waals surface area contributed by atoms with E-state index in [9.17, 15) is 9.59 Å². The zero-order chi connectivity index (χ0) is 35.2. The summed E-state index contributed by atoms with van der Waals surface area (Å²) in [5.41, 5.74) is 0.832. The molecule has 0 aliphatic carbocycles. The van der Waals surface area contributed by atoms with Crippen molar-refractivity contribution < 1.29 is 47.5 Å². The number of epoxide rings is 2. The van der Waals surface area contributed by atoms with E-state index in [1.54, 1.807) is 73.7 Å². The average Bonchev–Trinajstić information content (AvgIpc) is 4.01. The molecular formula is C39H48O10. The van der Waals surface area contributed by atoms with Gasteiger partial charge in [0.05, 0.1) is 36.5 Å². The van der Waals surface area contributed by atoms with Crippen LogP contribution in [0.25, 0.3) is 0 Å². The van der Waals surface area contributed by atoms with Crippen LogP contribution in [0.4, 0.5) is 0 Å². The lowest BCUT2D eigenvalue weighted by molar-refractivity contribution is -0.135. The molecule has 0 aromatic heterocycles. The minimum Gasteiger partial charge on any atom is -0.465 e. The third-order valence-electron chi connectivity index (χ3n) is 8.95. The van der Waals surface area contributed by atoms with Crippen molar-refractivity contribution in [2.45, 2.75) is 110 Å². The molecule has 0 N–H and O–H groups in total. The van der Waals surface area contributed by atoms with Gasteiger partial charge in [0, 0.05) is 12.8 Å². The lowest BCUT2D eigenvalue weighted by atomic mass is 10.1. The van der Waals surface area contributed by atoms with E-state index in [2.05, 4.69) is 13.8 Å². The maximum Gasteiger partial charge on any atom is 0.343 e. The van der Waals surface area contributed by atoms with Gasteiger partial charge in [0.2, 0.25) is 0 Å². The molecule has 2 saturated heterocycles. The van der Waals surface area contributed by atoms with Crippen molar-refractivity contribution in [3.63, 3.8) is 0 Å². The molecule has 5 rings (SSSR count). The van der Waals surface area contributed by atoms with Gasteiger partial charge in [-0.05, 0) is 107 Å². The molecule has 2 aliphatic heterocycles. The standard InChI is InChI=1S/C39H48O10/c1-8-10-34(44-26(4)38(6)23-42-38)46-30-16-12-28(13-17-30)36(40)48-32-20-21-33(25(3)22-32)49-37(41)29-14-18-31(19-15-29)47-35(11-9-2)45-27(5)39(7)24-43-39/h12-22,26-27,34-35H,8-11,23-24H2,1-7H3. The van der Waals surface area contributed by atoms with Crippen LogP contribution in [0.5, 0.6) is 23.0 Å². The molecule has 3 aromatic carbocycles. The lowest BCUT2D eigenvalue weighted by Gasteiger charge is -2.25. The fraction of sp³-hybridized carbons (Fsp3) is 0.487. The molecule has 0 saturated carbocycles. The molecule has 10 nitrogen and oxygen atoms in total. The zero-order valence-electron chi connectivity index (χ0n) is 29.5. The second-order valence-electron chi connectivity index (χ2n) is 13.2. The summed E-state index contributed by atoms with van der Waals surface area (Å²) in [6, 6.07) is 18.3. The number of ether oxygens (including phenoxy) is 8. The summed E-state index contributed by atoms with van der Waals surface area (Å²) in [5, 5.41) is 0. The summed E-state index contributed by atoms with van der Waals surface area (Å²) in [5.74, 6) is 0.812. The fourth-order valence-corrected chi connectivity index (χ4v) is 4.99. The van der Waals surface area contributed by atoms with Crippen molar-refractivity contribution in [1.29, 1.82) is 0 Å². The first-order valence-corrected chi connectivity index (χ1v) is 17.1. The summed E-state index contributed by atoms with van der Waals surface area (Å²) in [4.78, 5) is 25.8. The Kier molecular flexibility index (Phi) is 11.7. The van der Waals surface area contributed by atoms with Crippen molar-refractivity contribution in [2.24, 2.45) is 0 Å². The van der Waals surface area contributed by atoms with Crippen LogP contribution >= 0.6 is 0 Å². The molecule has 3 aromatic rings. The number of carbonyl (C=O) groups excluding carboxylic acids is 2. The summed E-state index contributed by atoms with van der Waals surface area (Å²) < 4.78 is 46.6. The van der Waals surface area contributed by atoms with E-state index in [0.717, 1.165) is 25.7 Å². The van der Waals surface area contributed by atoms with E-state index < -0.39 is 24.5 Å². The van der Waals surface area contributed by atoms with Crippen LogP contribution < -0.4 is 18.9 Å². The first kappa shape index (κ1) is 36.3. The summed E-state index contributed by atoms with van der Waals surface area (Å²) in [6.45, 7) is 15.3. The highest BCUT2D eigenvalue weighted by molar-refractivity contribution is 5.92. The van der Waals surface area contributed by atoms with E-state index in [-0.39, 0.29) is 23.4 Å². The molecule has 264 valence electrons. The SMILES string of the molecule is CCCC(Oc1ccc(C(=O)Oc2ccc(OC(=O)c3ccc(OC(CCC)OC(C)C4(C)CO4)cc3)c(C)c2)cc1)OC(C)C1(C)CO1. The average molecular weight is 677 g/mol. The van der Waals surface area contributed by atoms with E-state index in [1.807, 2.05) is 27.7 Å². The van der Waals surface area contributed by atoms with Crippen LogP contribution in [0, 0.1) is 6.92 Å². The summed E-state index contributed by atoms with van der Waals surface area (Å²) in [6.07, 6.45) is 2.18. The van der Waals surface area contributed by atoms with Gasteiger partial charge in [0.1, 0.15) is 34.2 Å². The fourth-order valence-electron chi connectivity index (χ4n) is 4.99. The molecule has 6 unspecified atom stereocenters. The molecule has 0 bridgehead atoms. The van der Waals surface area contributed by atoms with Crippen molar-refractivity contribution >= 4 is 11.9 Å². The van der Waals surface area contributed by atoms with Crippen molar-refractivity contribution in [3.05, 3.63) is 83.4 Å². The van der Waals surface area contributed by atoms with E-state index in [1.165, 1.54) is 0 Å². The Morgan fingerprint density at radius 1 is 0.673 bits per heavy atom. The van der Waals surface area contributed by atoms with Gasteiger partial charge in [-0.2, -0.15) is 0 Å². The third kappa shape index (κ3) is 9.82. The Labute approximate surface area is 288 Å². The third-order valence-corrected chi connectivity index (χ3v) is 8.95. The molecule has 0 amide bonds. The van der Waals surface area contributed by atoms with Gasteiger partial charge in [-0.3, -0.25) is 0 Å². The zero-order valence-corrected chi connectivity index (χ0v) is 29.5. The highest BCUT2D eigenvalue weighted by Gasteiger charge is 2.47. The first-order valence-electron chi connectivity index (χ1n) is 17.1. The smallest absolute Gasteiger partial charge is 0.343 e. The number of rotatable bonds is 18. The van der Waals surface area contributed by atoms with E-state index >= 15 is 0 Å². The molecule has 49 heavy (non-hydrogen) atoms. The Hall–Kier alpha value is -3.96. The normalized spacial score (nSPS) is 21.9. The monoisotopic (exact) mass is 676 g/mol. The van der Waals surface area contributed by atoms with Gasteiger partial charge in [0.25, 0.3) is 0 Å². The number of aryl methyl sites for hydroxylation is 1. The second kappa shape index (κ2) is 15.7. The van der Waals surface area contributed by atoms with Crippen molar-refractivity contribution in [3.8, 4) is 23.0 Å². The molecule has 10 heteroatoms. The van der Waals surface area contributed by atoms with E-state index in [0.29, 0.717) is 52.9 Å². The number of carbonyl (C=O) groups is 2. The molecule has 2 fully saturated rings. The largest absolute Gasteiger partial charge is 0.465 e. The Morgan fingerprint density at radius 3 is 1.47 bits per heavy atom. The predicted octanol–water partition coefficient (Wildman–Crippen LogP) is 7.83. The molecule has 2 aliphatic rings. The second-order valence-corrected chi connectivity index (χ2v) is 13.2. The quantitative estimate of drug-likeness (QED) is 0.0571. The molecule has 6 atom stereocenters. The minimum absolute atomic E-state index is 0.103. The number of benzene rings is 3. The number of hydrogen-bond donors (Lipinski definition) is 0. The highest BCUT2D eigenvalue weighted by Crippen LogP contribution is 2.34. The van der Waals surface area contributed by atoms with Crippen LogP contribution in [-0.4, -0.2) is 61.1 Å². The van der Waals surface area contributed by atoms with Gasteiger partial charge in [-0.15, -0.1) is 0 Å². The molecule has 0 radical (unpaired) electrons. The summed E-state index contributed by atoms with van der Waals surface area (Å²) in [7, 11) is 0. The predicted molar refractivity (Wildman–Crippen MR) is 182 cm³/mol. The lowest BCUT2D eigenvalue weighted by Crippen LogP contribution is -2.34.